The Morgan fingerprint density at radius 2 is 1.58 bits per heavy atom. The van der Waals surface area contributed by atoms with Crippen LogP contribution in [0.25, 0.3) is 0 Å². The average molecular weight is 394 g/mol. The van der Waals surface area contributed by atoms with Crippen LogP contribution in [0.3, 0.4) is 0 Å². The average Bonchev–Trinajstić information content (AvgIpc) is 2.64. The minimum absolute atomic E-state index is 0. The molecule has 138 valence electrons. The van der Waals surface area contributed by atoms with Crippen LogP contribution >= 0.6 is 24.0 Å². The number of rotatable bonds is 4. The van der Waals surface area contributed by atoms with Crippen LogP contribution in [0, 0.1) is 5.92 Å². The minimum atomic E-state index is -0.207. The lowest BCUT2D eigenvalue weighted by Crippen LogP contribution is -2.37. The van der Waals surface area contributed by atoms with E-state index in [-0.39, 0.29) is 30.1 Å². The summed E-state index contributed by atoms with van der Waals surface area (Å²) in [5.74, 6) is -0.162. The molecule has 2 aromatic carbocycles. The van der Waals surface area contributed by atoms with Crippen molar-refractivity contribution in [3.63, 3.8) is 0 Å². The molecule has 0 saturated carbocycles. The maximum atomic E-state index is 12.2. The Morgan fingerprint density at radius 3 is 2.15 bits per heavy atom. The van der Waals surface area contributed by atoms with E-state index in [0.29, 0.717) is 16.3 Å². The van der Waals surface area contributed by atoms with Crippen molar-refractivity contribution in [2.75, 3.05) is 23.7 Å². The van der Waals surface area contributed by atoms with Gasteiger partial charge in [-0.1, -0.05) is 11.6 Å². The smallest absolute Gasteiger partial charge is 0.255 e. The van der Waals surface area contributed by atoms with Gasteiger partial charge in [-0.05, 0) is 67.9 Å². The number of halogens is 2. The monoisotopic (exact) mass is 393 g/mol. The minimum Gasteiger partial charge on any atom is -0.326 e. The van der Waals surface area contributed by atoms with Gasteiger partial charge in [-0.25, -0.2) is 0 Å². The van der Waals surface area contributed by atoms with Crippen LogP contribution in [0.4, 0.5) is 11.4 Å². The van der Waals surface area contributed by atoms with Gasteiger partial charge in [0, 0.05) is 28.5 Å². The quantitative estimate of drug-likeness (QED) is 0.736. The molecule has 1 aliphatic rings. The molecule has 0 aromatic heterocycles. The van der Waals surface area contributed by atoms with Gasteiger partial charge in [0.05, 0.1) is 5.92 Å². The Balaban J connectivity index is 0.00000243. The molecule has 0 radical (unpaired) electrons. The second-order valence-electron chi connectivity index (χ2n) is 6.07. The summed E-state index contributed by atoms with van der Waals surface area (Å²) in [5.41, 5.74) is 1.92. The highest BCUT2D eigenvalue weighted by molar-refractivity contribution is 6.30. The summed E-state index contributed by atoms with van der Waals surface area (Å²) in [6, 6.07) is 13.8. The molecule has 0 spiro atoms. The van der Waals surface area contributed by atoms with Crippen LogP contribution in [-0.2, 0) is 4.79 Å². The van der Waals surface area contributed by atoms with Gasteiger partial charge in [0.1, 0.15) is 0 Å². The van der Waals surface area contributed by atoms with Gasteiger partial charge >= 0.3 is 0 Å². The lowest BCUT2D eigenvalue weighted by Gasteiger charge is -2.21. The lowest BCUT2D eigenvalue weighted by atomic mass is 9.99. The number of carbonyl (C=O) groups excluding carboxylic acids is 2. The molecule has 1 fully saturated rings. The Morgan fingerprint density at radius 1 is 0.962 bits per heavy atom. The van der Waals surface area contributed by atoms with E-state index in [9.17, 15) is 9.59 Å². The molecule has 1 saturated heterocycles. The third-order valence-corrected chi connectivity index (χ3v) is 4.44. The van der Waals surface area contributed by atoms with E-state index >= 15 is 0 Å². The van der Waals surface area contributed by atoms with Gasteiger partial charge in [0.2, 0.25) is 5.91 Å². The largest absolute Gasteiger partial charge is 0.326 e. The van der Waals surface area contributed by atoms with E-state index in [1.54, 1.807) is 48.5 Å². The molecule has 3 N–H and O–H groups in total. The molecular weight excluding hydrogens is 373 g/mol. The van der Waals surface area contributed by atoms with E-state index in [1.807, 2.05) is 0 Å². The van der Waals surface area contributed by atoms with Crippen LogP contribution < -0.4 is 16.0 Å². The van der Waals surface area contributed by atoms with Crippen molar-refractivity contribution in [3.05, 3.63) is 59.1 Å². The Kier molecular flexibility index (Phi) is 7.45. The summed E-state index contributed by atoms with van der Waals surface area (Å²) < 4.78 is 0. The molecule has 2 amide bonds. The highest BCUT2D eigenvalue weighted by atomic mass is 35.5. The first-order chi connectivity index (χ1) is 12.1. The van der Waals surface area contributed by atoms with E-state index in [4.69, 9.17) is 11.6 Å². The summed E-state index contributed by atoms with van der Waals surface area (Å²) in [5, 5.41) is 9.56. The molecule has 1 atom stereocenters. The maximum absolute atomic E-state index is 12.2. The first kappa shape index (κ1) is 20.2. The van der Waals surface area contributed by atoms with Crippen molar-refractivity contribution in [1.29, 1.82) is 0 Å². The first-order valence-corrected chi connectivity index (χ1v) is 8.68. The van der Waals surface area contributed by atoms with Crippen LogP contribution in [0.1, 0.15) is 23.2 Å². The fourth-order valence-electron chi connectivity index (χ4n) is 2.76. The number of carbonyl (C=O) groups is 2. The van der Waals surface area contributed by atoms with Gasteiger partial charge in [-0.3, -0.25) is 9.59 Å². The normalized spacial score (nSPS) is 16.3. The standard InChI is InChI=1S/C19H20ClN3O2.ClH/c20-15-5-3-13(4-6-15)18(24)22-16-7-9-17(10-8-16)23-19(25)14-2-1-11-21-12-14;/h3-10,14,21H,1-2,11-12H2,(H,22,24)(H,23,25);1H. The van der Waals surface area contributed by atoms with Crippen LogP contribution in [0.2, 0.25) is 5.02 Å². The zero-order valence-corrected chi connectivity index (χ0v) is 15.7. The number of nitrogens with one attached hydrogen (secondary N) is 3. The molecule has 3 rings (SSSR count). The number of hydrogen-bond acceptors (Lipinski definition) is 3. The predicted octanol–water partition coefficient (Wildman–Crippen LogP) is 3.95. The van der Waals surface area contributed by atoms with E-state index in [0.717, 1.165) is 31.6 Å². The summed E-state index contributed by atoms with van der Waals surface area (Å²) in [6.45, 7) is 1.70. The molecule has 26 heavy (non-hydrogen) atoms. The van der Waals surface area contributed by atoms with Gasteiger partial charge in [0.15, 0.2) is 0 Å². The molecule has 1 aliphatic heterocycles. The van der Waals surface area contributed by atoms with E-state index < -0.39 is 0 Å². The second kappa shape index (κ2) is 9.57. The summed E-state index contributed by atoms with van der Waals surface area (Å²) in [6.07, 6.45) is 1.93. The van der Waals surface area contributed by atoms with E-state index in [1.165, 1.54) is 0 Å². The molecule has 1 heterocycles. The number of benzene rings is 2. The second-order valence-corrected chi connectivity index (χ2v) is 6.51. The fraction of sp³-hybridized carbons (Fsp3) is 0.263. The zero-order chi connectivity index (χ0) is 17.6. The molecule has 0 bridgehead atoms. The fourth-order valence-corrected chi connectivity index (χ4v) is 2.89. The van der Waals surface area contributed by atoms with E-state index in [2.05, 4.69) is 16.0 Å². The SMILES string of the molecule is Cl.O=C(Nc1ccc(NC(=O)C2CCCNC2)cc1)c1ccc(Cl)cc1. The molecule has 1 unspecified atom stereocenters. The number of piperidine rings is 1. The van der Waals surface area contributed by atoms with Gasteiger partial charge in [-0.15, -0.1) is 12.4 Å². The Bertz CT molecular complexity index is 742. The molecule has 5 nitrogen and oxygen atoms in total. The highest BCUT2D eigenvalue weighted by Crippen LogP contribution is 2.18. The van der Waals surface area contributed by atoms with Gasteiger partial charge in [-0.2, -0.15) is 0 Å². The third kappa shape index (κ3) is 5.46. The molecular formula is C19H21Cl2N3O2. The van der Waals surface area contributed by atoms with Gasteiger partial charge in [0.25, 0.3) is 5.91 Å². The number of hydrogen-bond donors (Lipinski definition) is 3. The highest BCUT2D eigenvalue weighted by Gasteiger charge is 2.20. The number of anilines is 2. The summed E-state index contributed by atoms with van der Waals surface area (Å²) >= 11 is 5.82. The summed E-state index contributed by atoms with van der Waals surface area (Å²) in [7, 11) is 0. The van der Waals surface area contributed by atoms with Gasteiger partial charge < -0.3 is 16.0 Å². The third-order valence-electron chi connectivity index (χ3n) is 4.18. The lowest BCUT2D eigenvalue weighted by molar-refractivity contribution is -0.120. The van der Waals surface area contributed by atoms with Crippen LogP contribution in [-0.4, -0.2) is 24.9 Å². The Labute approximate surface area is 163 Å². The van der Waals surface area contributed by atoms with Crippen LogP contribution in [0.5, 0.6) is 0 Å². The molecule has 0 aliphatic carbocycles. The Hall–Kier alpha value is -2.08. The van der Waals surface area contributed by atoms with Crippen molar-refractivity contribution in [1.82, 2.24) is 5.32 Å². The zero-order valence-electron chi connectivity index (χ0n) is 14.1. The summed E-state index contributed by atoms with van der Waals surface area (Å²) in [4.78, 5) is 24.4. The first-order valence-electron chi connectivity index (χ1n) is 8.30. The number of amides is 2. The van der Waals surface area contributed by atoms with Crippen LogP contribution in [0.15, 0.2) is 48.5 Å². The predicted molar refractivity (Wildman–Crippen MR) is 107 cm³/mol. The maximum Gasteiger partial charge on any atom is 0.255 e. The molecule has 2 aromatic rings. The van der Waals surface area contributed by atoms with Crippen molar-refractivity contribution in [3.8, 4) is 0 Å². The topological polar surface area (TPSA) is 70.2 Å². The van der Waals surface area contributed by atoms with Crippen molar-refractivity contribution in [2.45, 2.75) is 12.8 Å². The van der Waals surface area contributed by atoms with Crippen molar-refractivity contribution < 1.29 is 9.59 Å². The van der Waals surface area contributed by atoms with Crippen molar-refractivity contribution >= 4 is 47.2 Å². The molecule has 7 heteroatoms. The van der Waals surface area contributed by atoms with Crippen molar-refractivity contribution in [2.24, 2.45) is 5.92 Å².